The maximum atomic E-state index is 12.8. The van der Waals surface area contributed by atoms with Crippen LogP contribution >= 0.6 is 11.3 Å². The van der Waals surface area contributed by atoms with Crippen molar-refractivity contribution in [3.63, 3.8) is 0 Å². The molecule has 2 N–H and O–H groups in total. The van der Waals surface area contributed by atoms with Crippen molar-refractivity contribution < 1.29 is 4.79 Å². The van der Waals surface area contributed by atoms with Crippen LogP contribution in [0.3, 0.4) is 0 Å². The topological polar surface area (TPSA) is 63.6 Å². The number of hydrogen-bond acceptors (Lipinski definition) is 4. The molecule has 6 heteroatoms. The lowest BCUT2D eigenvalue weighted by atomic mass is 10.2. The van der Waals surface area contributed by atoms with E-state index in [0.29, 0.717) is 22.9 Å². The van der Waals surface area contributed by atoms with Crippen molar-refractivity contribution >= 4 is 28.6 Å². The zero-order chi connectivity index (χ0) is 16.8. The summed E-state index contributed by atoms with van der Waals surface area (Å²) >= 11 is 1.70. The third-order valence-corrected chi connectivity index (χ3v) is 5.66. The minimum atomic E-state index is 0.0517. The number of likely N-dealkylation sites (tertiary alicyclic amines) is 1. The molecule has 3 aromatic rings. The van der Waals surface area contributed by atoms with Gasteiger partial charge < -0.3 is 15.0 Å². The van der Waals surface area contributed by atoms with Gasteiger partial charge in [-0.05, 0) is 44.9 Å². The second-order valence-corrected chi connectivity index (χ2v) is 7.73. The maximum Gasteiger partial charge on any atom is 0.255 e. The van der Waals surface area contributed by atoms with E-state index in [0.717, 1.165) is 30.0 Å². The molecule has 4 rings (SSSR count). The van der Waals surface area contributed by atoms with Crippen LogP contribution in [-0.4, -0.2) is 32.8 Å². The van der Waals surface area contributed by atoms with Crippen LogP contribution in [0.25, 0.3) is 16.2 Å². The highest BCUT2D eigenvalue weighted by Gasteiger charge is 2.26. The minimum Gasteiger partial charge on any atom is -0.396 e. The van der Waals surface area contributed by atoms with Crippen molar-refractivity contribution in [1.29, 1.82) is 0 Å². The van der Waals surface area contributed by atoms with Gasteiger partial charge in [-0.2, -0.15) is 0 Å². The Kier molecular flexibility index (Phi) is 3.57. The molecule has 1 unspecified atom stereocenters. The number of imidazole rings is 1. The smallest absolute Gasteiger partial charge is 0.255 e. The fourth-order valence-electron chi connectivity index (χ4n) is 3.33. The number of hydrogen-bond donors (Lipinski definition) is 1. The summed E-state index contributed by atoms with van der Waals surface area (Å²) in [5.41, 5.74) is 8.92. The second-order valence-electron chi connectivity index (χ2n) is 6.44. The summed E-state index contributed by atoms with van der Waals surface area (Å²) in [5, 5.41) is 0. The van der Waals surface area contributed by atoms with Gasteiger partial charge in [-0.3, -0.25) is 4.79 Å². The van der Waals surface area contributed by atoms with Gasteiger partial charge in [-0.1, -0.05) is 0 Å². The van der Waals surface area contributed by atoms with Crippen LogP contribution in [0.2, 0.25) is 0 Å². The Bertz CT molecular complexity index is 926. The van der Waals surface area contributed by atoms with Gasteiger partial charge in [0.15, 0.2) is 5.65 Å². The molecule has 1 amide bonds. The van der Waals surface area contributed by atoms with Crippen LogP contribution in [0.5, 0.6) is 0 Å². The van der Waals surface area contributed by atoms with Crippen molar-refractivity contribution in [3.05, 3.63) is 41.0 Å². The third-order valence-electron chi connectivity index (χ3n) is 4.63. The lowest BCUT2D eigenvalue weighted by molar-refractivity contribution is 0.0747. The highest BCUT2D eigenvalue weighted by Crippen LogP contribution is 2.29. The molecule has 124 valence electrons. The van der Waals surface area contributed by atoms with E-state index in [9.17, 15) is 4.79 Å². The summed E-state index contributed by atoms with van der Waals surface area (Å²) in [5.74, 6) is 0.0517. The van der Waals surface area contributed by atoms with Gasteiger partial charge in [0.05, 0.1) is 21.8 Å². The summed E-state index contributed by atoms with van der Waals surface area (Å²) in [6.45, 7) is 5.00. The fraction of sp³-hybridized carbons (Fsp3) is 0.333. The first-order chi connectivity index (χ1) is 11.5. The van der Waals surface area contributed by atoms with E-state index >= 15 is 0 Å². The molecule has 0 spiro atoms. The Morgan fingerprint density at radius 2 is 2.21 bits per heavy atom. The Hall–Kier alpha value is -2.34. The van der Waals surface area contributed by atoms with Crippen LogP contribution in [-0.2, 0) is 0 Å². The molecule has 0 aromatic carbocycles. The second kappa shape index (κ2) is 5.63. The maximum absolute atomic E-state index is 12.8. The van der Waals surface area contributed by atoms with Gasteiger partial charge in [-0.15, -0.1) is 11.3 Å². The van der Waals surface area contributed by atoms with E-state index in [1.807, 2.05) is 21.7 Å². The molecule has 1 atom stereocenters. The van der Waals surface area contributed by atoms with Crippen molar-refractivity contribution in [2.45, 2.75) is 32.7 Å². The SMILES string of the molecule is Cc1ccc(-c2cn3cc(C(=O)N4CCCC4C)cc(N)c3n2)s1. The zero-order valence-electron chi connectivity index (χ0n) is 13.8. The zero-order valence-corrected chi connectivity index (χ0v) is 14.6. The molecular formula is C18H20N4OS. The number of nitrogen functional groups attached to an aromatic ring is 1. The first kappa shape index (κ1) is 15.2. The number of nitrogens with two attached hydrogens (primary N) is 1. The molecule has 1 saturated heterocycles. The number of pyridine rings is 1. The molecule has 5 nitrogen and oxygen atoms in total. The Morgan fingerprint density at radius 1 is 1.38 bits per heavy atom. The number of nitrogens with zero attached hydrogens (tertiary/aromatic N) is 3. The van der Waals surface area contributed by atoms with Crippen molar-refractivity contribution in [3.8, 4) is 10.6 Å². The lowest BCUT2D eigenvalue weighted by Crippen LogP contribution is -2.33. The first-order valence-electron chi connectivity index (χ1n) is 8.19. The van der Waals surface area contributed by atoms with Crippen LogP contribution < -0.4 is 5.73 Å². The Balaban J connectivity index is 1.75. The van der Waals surface area contributed by atoms with Gasteiger partial charge in [0, 0.05) is 29.9 Å². The van der Waals surface area contributed by atoms with Crippen LogP contribution in [0.4, 0.5) is 5.69 Å². The Labute approximate surface area is 144 Å². The summed E-state index contributed by atoms with van der Waals surface area (Å²) in [6, 6.07) is 6.19. The molecule has 1 fully saturated rings. The number of aromatic nitrogens is 2. The number of aryl methyl sites for hydroxylation is 1. The quantitative estimate of drug-likeness (QED) is 0.775. The van der Waals surface area contributed by atoms with E-state index in [1.165, 1.54) is 4.88 Å². The minimum absolute atomic E-state index is 0.0517. The summed E-state index contributed by atoms with van der Waals surface area (Å²) < 4.78 is 1.87. The molecule has 0 aliphatic carbocycles. The van der Waals surface area contributed by atoms with Crippen molar-refractivity contribution in [2.75, 3.05) is 12.3 Å². The number of fused-ring (bicyclic) bond motifs is 1. The monoisotopic (exact) mass is 340 g/mol. The predicted molar refractivity (Wildman–Crippen MR) is 97.4 cm³/mol. The van der Waals surface area contributed by atoms with Crippen LogP contribution in [0.15, 0.2) is 30.6 Å². The number of thiophene rings is 1. The van der Waals surface area contributed by atoms with Gasteiger partial charge in [0.25, 0.3) is 5.91 Å². The van der Waals surface area contributed by atoms with Crippen molar-refractivity contribution in [1.82, 2.24) is 14.3 Å². The van der Waals surface area contributed by atoms with Gasteiger partial charge >= 0.3 is 0 Å². The molecular weight excluding hydrogens is 320 g/mol. The molecule has 24 heavy (non-hydrogen) atoms. The van der Waals surface area contributed by atoms with E-state index in [-0.39, 0.29) is 5.91 Å². The first-order valence-corrected chi connectivity index (χ1v) is 9.00. The number of carbonyl (C=O) groups excluding carboxylic acids is 1. The van der Waals surface area contributed by atoms with Gasteiger partial charge in [0.2, 0.25) is 0 Å². The largest absolute Gasteiger partial charge is 0.396 e. The van der Waals surface area contributed by atoms with E-state index in [2.05, 4.69) is 31.0 Å². The average Bonchev–Trinajstić information content (AvgIpc) is 3.25. The predicted octanol–water partition coefficient (Wildman–Crippen LogP) is 3.58. The summed E-state index contributed by atoms with van der Waals surface area (Å²) in [7, 11) is 0. The highest BCUT2D eigenvalue weighted by atomic mass is 32.1. The number of carbonyl (C=O) groups is 1. The molecule has 0 radical (unpaired) electrons. The molecule has 0 bridgehead atoms. The fourth-order valence-corrected chi connectivity index (χ4v) is 4.16. The summed E-state index contributed by atoms with van der Waals surface area (Å²) in [6.07, 6.45) is 5.92. The normalized spacial score (nSPS) is 17.8. The number of rotatable bonds is 2. The number of anilines is 1. The number of amides is 1. The van der Waals surface area contributed by atoms with E-state index in [4.69, 9.17) is 5.73 Å². The van der Waals surface area contributed by atoms with E-state index < -0.39 is 0 Å². The Morgan fingerprint density at radius 3 is 2.88 bits per heavy atom. The molecule has 1 aliphatic rings. The highest BCUT2D eigenvalue weighted by molar-refractivity contribution is 7.15. The standard InChI is InChI=1S/C18H20N4OS/c1-11-4-3-7-22(11)18(23)13-8-14(19)17-20-15(10-21(17)9-13)16-6-5-12(2)24-16/h5-6,8-11H,3-4,7,19H2,1-2H3. The molecule has 4 heterocycles. The average molecular weight is 340 g/mol. The van der Waals surface area contributed by atoms with Gasteiger partial charge in [-0.25, -0.2) is 4.98 Å². The van der Waals surface area contributed by atoms with Crippen molar-refractivity contribution in [2.24, 2.45) is 0 Å². The molecule has 3 aromatic heterocycles. The van der Waals surface area contributed by atoms with E-state index in [1.54, 1.807) is 17.4 Å². The molecule has 1 aliphatic heterocycles. The molecule has 0 saturated carbocycles. The third kappa shape index (κ3) is 2.47. The van der Waals surface area contributed by atoms with Gasteiger partial charge in [0.1, 0.15) is 0 Å². The summed E-state index contributed by atoms with van der Waals surface area (Å²) in [4.78, 5) is 21.7. The van der Waals surface area contributed by atoms with Crippen LogP contribution in [0.1, 0.15) is 35.0 Å². The lowest BCUT2D eigenvalue weighted by Gasteiger charge is -2.21. The van der Waals surface area contributed by atoms with Crippen LogP contribution in [0, 0.1) is 6.92 Å².